The van der Waals surface area contributed by atoms with Gasteiger partial charge in [-0.3, -0.25) is 4.79 Å². The molecule has 0 radical (unpaired) electrons. The maximum atomic E-state index is 11.3. The highest BCUT2D eigenvalue weighted by molar-refractivity contribution is 14.0. The highest BCUT2D eigenvalue weighted by atomic mass is 127. The number of nitrogens with two attached hydrogens (primary N) is 1. The molecule has 1 heterocycles. The van der Waals surface area contributed by atoms with Crippen molar-refractivity contribution in [3.05, 3.63) is 35.4 Å². The molecule has 1 saturated heterocycles. The minimum absolute atomic E-state index is 0. The zero-order valence-corrected chi connectivity index (χ0v) is 17.1. The van der Waals surface area contributed by atoms with Gasteiger partial charge in [0.25, 0.3) is 0 Å². The van der Waals surface area contributed by atoms with E-state index in [1.807, 2.05) is 18.2 Å². The highest BCUT2D eigenvalue weighted by Gasteiger charge is 2.23. The first-order valence-corrected chi connectivity index (χ1v) is 8.41. The number of carbonyl (C=O) groups excluding carboxylic acids is 1. The minimum atomic E-state index is -0.401. The van der Waals surface area contributed by atoms with Crippen LogP contribution in [0.5, 0.6) is 0 Å². The number of nitrogens with zero attached hydrogens (tertiary/aromatic N) is 2. The van der Waals surface area contributed by atoms with Crippen LogP contribution >= 0.6 is 24.0 Å². The van der Waals surface area contributed by atoms with Crippen LogP contribution in [-0.4, -0.2) is 36.4 Å². The molecule has 0 aliphatic carbocycles. The second-order valence-corrected chi connectivity index (χ2v) is 6.59. The average molecular weight is 444 g/mol. The Balaban J connectivity index is 0.00000288. The number of likely N-dealkylation sites (tertiary alicyclic amines) is 1. The Hall–Kier alpha value is -1.31. The van der Waals surface area contributed by atoms with E-state index < -0.39 is 5.91 Å². The monoisotopic (exact) mass is 444 g/mol. The van der Waals surface area contributed by atoms with E-state index in [0.29, 0.717) is 23.9 Å². The molecular formula is C18H29IN4O. The second-order valence-electron chi connectivity index (χ2n) is 6.59. The van der Waals surface area contributed by atoms with Crippen molar-refractivity contribution in [2.45, 2.75) is 33.7 Å². The number of carbonyl (C=O) groups is 1. The number of hydrogen-bond acceptors (Lipinski definition) is 2. The molecule has 0 aromatic heterocycles. The summed E-state index contributed by atoms with van der Waals surface area (Å²) in [5.41, 5.74) is 6.86. The van der Waals surface area contributed by atoms with Crippen LogP contribution in [-0.2, 0) is 6.54 Å². The quantitative estimate of drug-likeness (QED) is 0.426. The molecule has 1 fully saturated rings. The fraction of sp³-hybridized carbons (Fsp3) is 0.556. The van der Waals surface area contributed by atoms with E-state index in [1.165, 1.54) is 6.42 Å². The van der Waals surface area contributed by atoms with Crippen LogP contribution in [0.15, 0.2) is 29.3 Å². The summed E-state index contributed by atoms with van der Waals surface area (Å²) in [6, 6.07) is 7.37. The van der Waals surface area contributed by atoms with Crippen LogP contribution in [0.1, 0.15) is 43.1 Å². The third-order valence-electron chi connectivity index (χ3n) is 4.13. The Labute approximate surface area is 162 Å². The third-order valence-corrected chi connectivity index (χ3v) is 4.13. The molecule has 1 aliphatic rings. The molecule has 134 valence electrons. The molecule has 0 saturated carbocycles. The van der Waals surface area contributed by atoms with Gasteiger partial charge in [0.2, 0.25) is 5.91 Å². The maximum absolute atomic E-state index is 11.3. The van der Waals surface area contributed by atoms with Crippen molar-refractivity contribution >= 4 is 35.8 Å². The lowest BCUT2D eigenvalue weighted by atomic mass is 9.92. The molecule has 24 heavy (non-hydrogen) atoms. The van der Waals surface area contributed by atoms with Crippen molar-refractivity contribution < 1.29 is 4.79 Å². The van der Waals surface area contributed by atoms with Gasteiger partial charge in [0.1, 0.15) is 0 Å². The molecule has 1 aromatic rings. The number of nitrogens with one attached hydrogen (secondary N) is 1. The Morgan fingerprint density at radius 2 is 2.00 bits per heavy atom. The van der Waals surface area contributed by atoms with Crippen molar-refractivity contribution in [3.63, 3.8) is 0 Å². The summed E-state index contributed by atoms with van der Waals surface area (Å²) in [5.74, 6) is 1.92. The van der Waals surface area contributed by atoms with Crippen LogP contribution in [0.2, 0.25) is 0 Å². The fourth-order valence-electron chi connectivity index (χ4n) is 3.25. The smallest absolute Gasteiger partial charge is 0.248 e. The van der Waals surface area contributed by atoms with Gasteiger partial charge < -0.3 is 16.0 Å². The molecule has 2 unspecified atom stereocenters. The number of benzene rings is 1. The van der Waals surface area contributed by atoms with E-state index in [4.69, 9.17) is 10.7 Å². The number of halogens is 1. The van der Waals surface area contributed by atoms with Crippen molar-refractivity contribution in [2.24, 2.45) is 22.6 Å². The fourth-order valence-corrected chi connectivity index (χ4v) is 3.25. The number of rotatable bonds is 4. The van der Waals surface area contributed by atoms with Gasteiger partial charge in [-0.2, -0.15) is 0 Å². The van der Waals surface area contributed by atoms with Crippen LogP contribution in [0.4, 0.5) is 0 Å². The van der Waals surface area contributed by atoms with Gasteiger partial charge in [-0.25, -0.2) is 4.99 Å². The Morgan fingerprint density at radius 1 is 1.33 bits per heavy atom. The first-order valence-electron chi connectivity index (χ1n) is 8.41. The topological polar surface area (TPSA) is 70.7 Å². The number of guanidine groups is 1. The molecule has 0 spiro atoms. The molecule has 1 aliphatic heterocycles. The van der Waals surface area contributed by atoms with Crippen LogP contribution in [0, 0.1) is 11.8 Å². The van der Waals surface area contributed by atoms with Gasteiger partial charge in [0.05, 0.1) is 6.54 Å². The average Bonchev–Trinajstić information content (AvgIpc) is 2.50. The molecule has 1 amide bonds. The summed E-state index contributed by atoms with van der Waals surface area (Å²) in [6.45, 7) is 10.1. The normalized spacial score (nSPS) is 21.1. The standard InChI is InChI=1S/C18H28N4O.HI/c1-4-20-18(22-11-13(2)8-14(3)12-22)21-10-15-6-5-7-16(9-15)17(19)23;/h5-7,9,13-14H,4,8,10-12H2,1-3H3,(H2,19,23)(H,20,21);1H. The summed E-state index contributed by atoms with van der Waals surface area (Å²) in [6.07, 6.45) is 1.27. The minimum Gasteiger partial charge on any atom is -0.366 e. The van der Waals surface area contributed by atoms with E-state index >= 15 is 0 Å². The van der Waals surface area contributed by atoms with E-state index in [2.05, 4.69) is 31.0 Å². The third kappa shape index (κ3) is 5.96. The predicted octanol–water partition coefficient (Wildman–Crippen LogP) is 2.85. The lowest BCUT2D eigenvalue weighted by molar-refractivity contribution is 0.1000. The van der Waals surface area contributed by atoms with E-state index in [-0.39, 0.29) is 24.0 Å². The molecule has 2 atom stereocenters. The summed E-state index contributed by atoms with van der Waals surface area (Å²) < 4.78 is 0. The number of piperidine rings is 1. The van der Waals surface area contributed by atoms with Crippen LogP contribution in [0.3, 0.4) is 0 Å². The molecule has 2 rings (SSSR count). The van der Waals surface area contributed by atoms with Gasteiger partial charge in [-0.05, 0) is 42.9 Å². The molecule has 3 N–H and O–H groups in total. The highest BCUT2D eigenvalue weighted by Crippen LogP contribution is 2.21. The molecule has 6 heteroatoms. The molecular weight excluding hydrogens is 415 g/mol. The van der Waals surface area contributed by atoms with E-state index in [1.54, 1.807) is 6.07 Å². The van der Waals surface area contributed by atoms with Crippen molar-refractivity contribution in [1.82, 2.24) is 10.2 Å². The summed E-state index contributed by atoms with van der Waals surface area (Å²) in [4.78, 5) is 18.4. The molecule has 5 nitrogen and oxygen atoms in total. The van der Waals surface area contributed by atoms with Crippen LogP contribution < -0.4 is 11.1 Å². The second kappa shape index (κ2) is 9.86. The SMILES string of the molecule is CCNC(=NCc1cccc(C(N)=O)c1)N1CC(C)CC(C)C1.I. The Morgan fingerprint density at radius 3 is 2.58 bits per heavy atom. The van der Waals surface area contributed by atoms with E-state index in [0.717, 1.165) is 31.2 Å². The van der Waals surface area contributed by atoms with Gasteiger partial charge in [-0.1, -0.05) is 26.0 Å². The number of primary amides is 1. The molecule has 0 bridgehead atoms. The largest absolute Gasteiger partial charge is 0.366 e. The molecule has 1 aromatic carbocycles. The zero-order chi connectivity index (χ0) is 16.8. The van der Waals surface area contributed by atoms with Crippen LogP contribution in [0.25, 0.3) is 0 Å². The number of amides is 1. The number of aliphatic imine (C=N–C) groups is 1. The van der Waals surface area contributed by atoms with Gasteiger partial charge in [0.15, 0.2) is 5.96 Å². The van der Waals surface area contributed by atoms with Crippen molar-refractivity contribution in [3.8, 4) is 0 Å². The Kier molecular flexibility index (Phi) is 8.52. The lowest BCUT2D eigenvalue weighted by Gasteiger charge is -2.37. The lowest BCUT2D eigenvalue weighted by Crippen LogP contribution is -2.48. The zero-order valence-electron chi connectivity index (χ0n) is 14.8. The first kappa shape index (κ1) is 20.7. The first-order chi connectivity index (χ1) is 11.0. The van der Waals surface area contributed by atoms with Gasteiger partial charge in [-0.15, -0.1) is 24.0 Å². The van der Waals surface area contributed by atoms with Gasteiger partial charge >= 0.3 is 0 Å². The Bertz CT molecular complexity index is 566. The van der Waals surface area contributed by atoms with E-state index in [9.17, 15) is 4.79 Å². The maximum Gasteiger partial charge on any atom is 0.248 e. The predicted molar refractivity (Wildman–Crippen MR) is 110 cm³/mol. The summed E-state index contributed by atoms with van der Waals surface area (Å²) in [5, 5.41) is 3.39. The number of hydrogen-bond donors (Lipinski definition) is 2. The van der Waals surface area contributed by atoms with Crippen molar-refractivity contribution in [2.75, 3.05) is 19.6 Å². The summed E-state index contributed by atoms with van der Waals surface area (Å²) in [7, 11) is 0. The summed E-state index contributed by atoms with van der Waals surface area (Å²) >= 11 is 0. The van der Waals surface area contributed by atoms with Gasteiger partial charge in [0, 0.05) is 25.2 Å². The van der Waals surface area contributed by atoms with Crippen molar-refractivity contribution in [1.29, 1.82) is 0 Å².